The van der Waals surface area contributed by atoms with Gasteiger partial charge in [-0.1, -0.05) is 5.16 Å². The van der Waals surface area contributed by atoms with Gasteiger partial charge in [0, 0.05) is 0 Å². The first-order valence-electron chi connectivity index (χ1n) is 4.81. The van der Waals surface area contributed by atoms with Crippen molar-refractivity contribution in [2.45, 2.75) is 6.92 Å². The molecule has 5 nitrogen and oxygen atoms in total. The summed E-state index contributed by atoms with van der Waals surface area (Å²) >= 11 is 0. The zero-order chi connectivity index (χ0) is 12.3. The number of nitrogens with one attached hydrogen (secondary N) is 1. The highest BCUT2D eigenvalue weighted by Crippen LogP contribution is 2.11. The molecule has 0 fully saturated rings. The highest BCUT2D eigenvalue weighted by atomic mass is 19.1. The average Bonchev–Trinajstić information content (AvgIpc) is 2.74. The van der Waals surface area contributed by atoms with Gasteiger partial charge in [0.25, 0.3) is 0 Å². The molecule has 0 bridgehead atoms. The normalized spacial score (nSPS) is 10.0. The summed E-state index contributed by atoms with van der Waals surface area (Å²) in [6.07, 6.45) is 1.27. The quantitative estimate of drug-likeness (QED) is 0.828. The Bertz CT molecular complexity index is 522. The average molecular weight is 236 g/mol. The van der Waals surface area contributed by atoms with Gasteiger partial charge in [-0.15, -0.1) is 0 Å². The van der Waals surface area contributed by atoms with Crippen LogP contribution in [0, 0.1) is 12.7 Å². The fourth-order valence-electron chi connectivity index (χ4n) is 1.17. The number of benzene rings is 1. The van der Waals surface area contributed by atoms with E-state index in [9.17, 15) is 9.18 Å². The summed E-state index contributed by atoms with van der Waals surface area (Å²) in [4.78, 5) is 16.3. The highest BCUT2D eigenvalue weighted by molar-refractivity contribution is 5.90. The molecule has 0 saturated heterocycles. The summed E-state index contributed by atoms with van der Waals surface area (Å²) in [6.45, 7) is 1.60. The van der Waals surface area contributed by atoms with E-state index in [0.29, 0.717) is 11.4 Å². The van der Waals surface area contributed by atoms with Crippen LogP contribution in [0.15, 0.2) is 35.0 Å². The first-order chi connectivity index (χ1) is 8.16. The van der Waals surface area contributed by atoms with Crippen molar-refractivity contribution < 1.29 is 18.5 Å². The van der Waals surface area contributed by atoms with Crippen LogP contribution in [-0.2, 0) is 4.84 Å². The van der Waals surface area contributed by atoms with E-state index in [0.717, 1.165) is 0 Å². The number of aromatic nitrogens is 1. The lowest BCUT2D eigenvalue weighted by Gasteiger charge is -2.05. The van der Waals surface area contributed by atoms with Gasteiger partial charge in [0.1, 0.15) is 17.1 Å². The van der Waals surface area contributed by atoms with Gasteiger partial charge in [-0.3, -0.25) is 0 Å². The van der Waals surface area contributed by atoms with E-state index in [1.165, 1.54) is 30.5 Å². The summed E-state index contributed by atoms with van der Waals surface area (Å²) in [5.41, 5.74) is 3.10. The molecule has 0 saturated carbocycles. The third kappa shape index (κ3) is 2.60. The zero-order valence-corrected chi connectivity index (χ0v) is 8.94. The second-order valence-corrected chi connectivity index (χ2v) is 3.29. The number of hydrogen-bond acceptors (Lipinski definition) is 5. The minimum atomic E-state index is -0.618. The van der Waals surface area contributed by atoms with Gasteiger partial charge in [0.2, 0.25) is 0 Å². The Morgan fingerprint density at radius 2 is 2.12 bits per heavy atom. The lowest BCUT2D eigenvalue weighted by atomic mass is 10.3. The fraction of sp³-hybridized carbons (Fsp3) is 0.0909. The number of anilines is 1. The van der Waals surface area contributed by atoms with Crippen molar-refractivity contribution in [2.75, 3.05) is 5.48 Å². The molecule has 0 unspecified atom stereocenters. The summed E-state index contributed by atoms with van der Waals surface area (Å²) < 4.78 is 17.3. The van der Waals surface area contributed by atoms with E-state index in [2.05, 4.69) is 10.6 Å². The van der Waals surface area contributed by atoms with E-state index in [1.807, 2.05) is 0 Å². The topological polar surface area (TPSA) is 64.4 Å². The number of rotatable bonds is 3. The minimum absolute atomic E-state index is 0.236. The number of aryl methyl sites for hydroxylation is 1. The van der Waals surface area contributed by atoms with Crippen molar-refractivity contribution in [1.29, 1.82) is 0 Å². The molecule has 0 aliphatic carbocycles. The van der Waals surface area contributed by atoms with Crippen LogP contribution in [0.4, 0.5) is 10.1 Å². The monoisotopic (exact) mass is 236 g/mol. The molecule has 2 aromatic rings. The van der Waals surface area contributed by atoms with Gasteiger partial charge in [0.05, 0.1) is 11.9 Å². The number of carbonyl (C=O) groups is 1. The number of carbonyl (C=O) groups excluding carboxylic acids is 1. The molecule has 1 aromatic carbocycles. The van der Waals surface area contributed by atoms with Crippen molar-refractivity contribution in [3.8, 4) is 0 Å². The van der Waals surface area contributed by atoms with Crippen LogP contribution >= 0.6 is 0 Å². The molecule has 0 aliphatic heterocycles. The van der Waals surface area contributed by atoms with Crippen LogP contribution < -0.4 is 5.48 Å². The van der Waals surface area contributed by atoms with Gasteiger partial charge in [-0.05, 0) is 31.2 Å². The standard InChI is InChI=1S/C11H9FN2O3/c1-7-10(6-13-16-7)11(15)17-14-9-4-2-8(12)3-5-9/h2-6,14H,1H3. The van der Waals surface area contributed by atoms with E-state index in [1.54, 1.807) is 6.92 Å². The Morgan fingerprint density at radius 1 is 1.41 bits per heavy atom. The number of nitrogens with zero attached hydrogens (tertiary/aromatic N) is 1. The van der Waals surface area contributed by atoms with Crippen LogP contribution in [0.2, 0.25) is 0 Å². The third-order valence-corrected chi connectivity index (χ3v) is 2.08. The summed E-state index contributed by atoms with van der Waals surface area (Å²) in [5, 5.41) is 3.46. The number of hydrogen-bond donors (Lipinski definition) is 1. The molecule has 0 amide bonds. The van der Waals surface area contributed by atoms with Gasteiger partial charge in [-0.2, -0.15) is 0 Å². The van der Waals surface area contributed by atoms with E-state index in [-0.39, 0.29) is 11.4 Å². The lowest BCUT2D eigenvalue weighted by Crippen LogP contribution is -2.10. The number of halogens is 1. The second-order valence-electron chi connectivity index (χ2n) is 3.29. The molecule has 88 valence electrons. The van der Waals surface area contributed by atoms with Crippen molar-refractivity contribution >= 4 is 11.7 Å². The van der Waals surface area contributed by atoms with Gasteiger partial charge in [-0.25, -0.2) is 14.7 Å². The van der Waals surface area contributed by atoms with Crippen LogP contribution in [0.3, 0.4) is 0 Å². The zero-order valence-electron chi connectivity index (χ0n) is 8.94. The highest BCUT2D eigenvalue weighted by Gasteiger charge is 2.14. The Kier molecular flexibility index (Phi) is 3.04. The minimum Gasteiger partial charge on any atom is -0.361 e. The second kappa shape index (κ2) is 4.65. The smallest absolute Gasteiger partial charge is 0.361 e. The fourth-order valence-corrected chi connectivity index (χ4v) is 1.17. The predicted octanol–water partition coefficient (Wildman–Crippen LogP) is 2.31. The van der Waals surface area contributed by atoms with Crippen LogP contribution in [0.1, 0.15) is 16.1 Å². The Balaban J connectivity index is 1.97. The molecule has 0 aliphatic rings. The van der Waals surface area contributed by atoms with Crippen molar-refractivity contribution in [3.05, 3.63) is 47.6 Å². The molecule has 0 spiro atoms. The molecule has 1 aromatic heterocycles. The van der Waals surface area contributed by atoms with Crippen molar-refractivity contribution in [2.24, 2.45) is 0 Å². The maximum absolute atomic E-state index is 12.6. The summed E-state index contributed by atoms with van der Waals surface area (Å²) in [5.74, 6) is -0.610. The molecule has 6 heteroatoms. The molecule has 17 heavy (non-hydrogen) atoms. The largest absolute Gasteiger partial charge is 0.368 e. The molecule has 0 radical (unpaired) electrons. The SMILES string of the molecule is Cc1oncc1C(=O)ONc1ccc(F)cc1. The summed E-state index contributed by atoms with van der Waals surface area (Å²) in [6, 6.07) is 5.40. The summed E-state index contributed by atoms with van der Waals surface area (Å²) in [7, 11) is 0. The van der Waals surface area contributed by atoms with Gasteiger partial charge < -0.3 is 9.36 Å². The molecular formula is C11H9FN2O3. The van der Waals surface area contributed by atoms with Crippen LogP contribution in [0.25, 0.3) is 0 Å². The molecule has 2 rings (SSSR count). The first-order valence-corrected chi connectivity index (χ1v) is 4.81. The Labute approximate surface area is 96.1 Å². The van der Waals surface area contributed by atoms with Crippen LogP contribution in [-0.4, -0.2) is 11.1 Å². The van der Waals surface area contributed by atoms with Gasteiger partial charge in [0.15, 0.2) is 0 Å². The van der Waals surface area contributed by atoms with Crippen LogP contribution in [0.5, 0.6) is 0 Å². The van der Waals surface area contributed by atoms with Crippen molar-refractivity contribution in [1.82, 2.24) is 5.16 Å². The van der Waals surface area contributed by atoms with E-state index < -0.39 is 5.97 Å². The Morgan fingerprint density at radius 3 is 2.71 bits per heavy atom. The van der Waals surface area contributed by atoms with E-state index in [4.69, 9.17) is 9.36 Å². The molecule has 1 N–H and O–H groups in total. The molecular weight excluding hydrogens is 227 g/mol. The van der Waals surface area contributed by atoms with E-state index >= 15 is 0 Å². The Hall–Kier alpha value is -2.37. The maximum atomic E-state index is 12.6. The predicted molar refractivity (Wildman–Crippen MR) is 56.7 cm³/mol. The first kappa shape index (κ1) is 11.1. The lowest BCUT2D eigenvalue weighted by molar-refractivity contribution is 0.0594. The molecule has 1 heterocycles. The molecule has 0 atom stereocenters. The van der Waals surface area contributed by atoms with Gasteiger partial charge >= 0.3 is 5.97 Å². The third-order valence-electron chi connectivity index (χ3n) is 2.08. The van der Waals surface area contributed by atoms with Crippen molar-refractivity contribution in [3.63, 3.8) is 0 Å². The maximum Gasteiger partial charge on any atom is 0.368 e.